The number of aromatic amines is 1. The van der Waals surface area contributed by atoms with E-state index in [1.807, 2.05) is 0 Å². The van der Waals surface area contributed by atoms with Gasteiger partial charge in [-0.05, 0) is 119 Å². The summed E-state index contributed by atoms with van der Waals surface area (Å²) in [6.07, 6.45) is 11.1. The van der Waals surface area contributed by atoms with Crippen molar-refractivity contribution in [3.63, 3.8) is 0 Å². The van der Waals surface area contributed by atoms with E-state index in [9.17, 15) is 32.8 Å². The zero-order chi connectivity index (χ0) is 49.9. The van der Waals surface area contributed by atoms with Crippen LogP contribution in [0.3, 0.4) is 0 Å². The molecule has 0 bridgehead atoms. The average Bonchev–Trinajstić information content (AvgIpc) is 4.00. The molecular formula is C52H63FN8O9S. The number of H-pyrrole nitrogens is 1. The van der Waals surface area contributed by atoms with Crippen molar-refractivity contribution < 1.29 is 41.8 Å². The predicted octanol–water partition coefficient (Wildman–Crippen LogP) is 9.15. The molecule has 2 saturated heterocycles. The van der Waals surface area contributed by atoms with E-state index in [2.05, 4.69) is 72.9 Å². The van der Waals surface area contributed by atoms with Crippen LogP contribution in [0.5, 0.6) is 17.4 Å². The van der Waals surface area contributed by atoms with Crippen LogP contribution in [0.25, 0.3) is 11.0 Å². The highest BCUT2D eigenvalue weighted by Gasteiger charge is 2.56. The lowest BCUT2D eigenvalue weighted by Crippen LogP contribution is -2.59. The number of nitrogens with one attached hydrogen (secondary N) is 3. The number of morpholine rings is 1. The molecule has 4 N–H and O–H groups in total. The Bertz CT molecular complexity index is 2940. The van der Waals surface area contributed by atoms with Crippen LogP contribution < -0.4 is 24.4 Å². The van der Waals surface area contributed by atoms with Gasteiger partial charge in [-0.15, -0.1) is 0 Å². The van der Waals surface area contributed by atoms with E-state index in [-0.39, 0.29) is 69.4 Å². The van der Waals surface area contributed by atoms with Gasteiger partial charge >= 0.3 is 5.69 Å². The molecule has 19 heteroatoms. The number of ether oxygens (including phenoxy) is 3. The summed E-state index contributed by atoms with van der Waals surface area (Å²) >= 11 is 0. The number of hydrogen-bond donors (Lipinski definition) is 4. The Morgan fingerprint density at radius 2 is 1.80 bits per heavy atom. The molecule has 2 aliphatic heterocycles. The average molecular weight is 995 g/mol. The van der Waals surface area contributed by atoms with Gasteiger partial charge in [0.15, 0.2) is 5.75 Å². The first-order valence-electron chi connectivity index (χ1n) is 25.0. The van der Waals surface area contributed by atoms with Crippen LogP contribution in [0.15, 0.2) is 71.9 Å². The number of nitro groups is 1. The number of benzene rings is 2. The summed E-state index contributed by atoms with van der Waals surface area (Å²) in [5.74, 6) is -1.25. The fraction of sp³-hybridized carbons (Fsp3) is 0.519. The minimum atomic E-state index is -4.73. The number of hydrogen-bond acceptors (Lipinski definition) is 14. The van der Waals surface area contributed by atoms with Gasteiger partial charge in [0.05, 0.1) is 52.5 Å². The highest BCUT2D eigenvalue weighted by atomic mass is 32.2. The predicted molar refractivity (Wildman–Crippen MR) is 265 cm³/mol. The van der Waals surface area contributed by atoms with Crippen molar-refractivity contribution in [1.29, 1.82) is 0 Å². The van der Waals surface area contributed by atoms with E-state index in [4.69, 9.17) is 14.2 Å². The number of fused-ring (bicyclic) bond motifs is 1. The quantitative estimate of drug-likeness (QED) is 0.0569. The summed E-state index contributed by atoms with van der Waals surface area (Å²) in [6.45, 7) is 11.7. The third-order valence-electron chi connectivity index (χ3n) is 15.8. The minimum Gasteiger partial charge on any atom is -0.475 e. The molecule has 3 aromatic heterocycles. The molecule has 5 aromatic rings. The molecule has 5 heterocycles. The van der Waals surface area contributed by atoms with Crippen molar-refractivity contribution in [1.82, 2.24) is 24.6 Å². The SMILES string of the molecule is CCOc1nc2[nH]cc(F)c2cc1Oc1cc(N2CCC3(CC2)CC(N2CC4(CC4)OC[C@H]2c2ccccc2C(C)C)C3)ccc1C(=O)NS(=O)(=O)c1cnc(NCC2CCC(C)(O)CC2)c([N+](=O)[O-])c1. The van der Waals surface area contributed by atoms with Crippen LogP contribution in [0.4, 0.5) is 21.6 Å². The van der Waals surface area contributed by atoms with Gasteiger partial charge in [-0.2, -0.15) is 4.98 Å². The van der Waals surface area contributed by atoms with E-state index in [0.717, 1.165) is 82.3 Å². The molecule has 2 aromatic carbocycles. The van der Waals surface area contributed by atoms with Gasteiger partial charge in [-0.25, -0.2) is 22.5 Å². The Balaban J connectivity index is 0.877. The van der Waals surface area contributed by atoms with Crippen molar-refractivity contribution >= 4 is 44.2 Å². The first-order chi connectivity index (χ1) is 33.9. The van der Waals surface area contributed by atoms with Crippen molar-refractivity contribution in [3.8, 4) is 17.4 Å². The summed E-state index contributed by atoms with van der Waals surface area (Å²) in [7, 11) is -4.73. The van der Waals surface area contributed by atoms with Crippen LogP contribution >= 0.6 is 0 Å². The molecule has 378 valence electrons. The van der Waals surface area contributed by atoms with Gasteiger partial charge < -0.3 is 34.5 Å². The molecule has 3 saturated carbocycles. The largest absolute Gasteiger partial charge is 0.475 e. The van der Waals surface area contributed by atoms with E-state index in [1.165, 1.54) is 23.3 Å². The van der Waals surface area contributed by atoms with Crippen LogP contribution in [0, 0.1) is 27.3 Å². The zero-order valence-corrected chi connectivity index (χ0v) is 41.5. The molecule has 1 atom stereocenters. The van der Waals surface area contributed by atoms with Crippen molar-refractivity contribution in [3.05, 3.63) is 99.6 Å². The Labute approximate surface area is 413 Å². The van der Waals surface area contributed by atoms with Crippen LogP contribution in [0.1, 0.15) is 125 Å². The lowest BCUT2D eigenvalue weighted by Gasteiger charge is -2.58. The number of rotatable bonds is 15. The monoisotopic (exact) mass is 994 g/mol. The standard InChI is InChI=1S/C52H63FN8O9S/c1-5-68-49-45(24-40-41(53)29-56-46(40)57-49)70-44-22-34(10-11-39(44)48(62)58-71(66,67)36-23-42(61(64)65)47(55-28-36)54-27-33-12-14-50(4,63)15-13-33)59-20-18-51(19-21-59)25-35(26-51)60-31-52(16-17-52)69-30-43(60)38-9-7-6-8-37(38)32(2)3/h6-11,22-24,28-29,32-33,35,43,63H,5,12-21,25-27,30-31H2,1-4H3,(H,54,55)(H,56,57)(H,58,62)/t33?,43-,50?/m0/s1. The highest BCUT2D eigenvalue weighted by Crippen LogP contribution is 2.56. The minimum absolute atomic E-state index is 0.00283. The molecule has 3 aliphatic carbocycles. The Morgan fingerprint density at radius 3 is 2.51 bits per heavy atom. The summed E-state index contributed by atoms with van der Waals surface area (Å²) in [5, 5.41) is 25.6. The second-order valence-electron chi connectivity index (χ2n) is 21.1. The topological polar surface area (TPSA) is 214 Å². The van der Waals surface area contributed by atoms with Gasteiger partial charge in [-0.3, -0.25) is 19.8 Å². The third-order valence-corrected chi connectivity index (χ3v) is 17.1. The maximum atomic E-state index is 14.9. The fourth-order valence-corrected chi connectivity index (χ4v) is 12.3. The zero-order valence-electron chi connectivity index (χ0n) is 40.7. The lowest BCUT2D eigenvalue weighted by atomic mass is 9.59. The summed E-state index contributed by atoms with van der Waals surface area (Å²) in [5.41, 5.74) is 2.39. The van der Waals surface area contributed by atoms with Gasteiger partial charge in [0, 0.05) is 62.3 Å². The number of carbonyl (C=O) groups excluding carboxylic acids is 1. The molecule has 1 amide bonds. The Hall–Kier alpha value is -5.89. The van der Waals surface area contributed by atoms with E-state index in [0.29, 0.717) is 50.8 Å². The smallest absolute Gasteiger partial charge is 0.312 e. The number of halogens is 1. The van der Waals surface area contributed by atoms with Crippen LogP contribution in [0.2, 0.25) is 0 Å². The number of nitrogens with zero attached hydrogens (tertiary/aromatic N) is 5. The third kappa shape index (κ3) is 10.0. The number of aliphatic hydroxyl groups is 1. The number of sulfonamides is 1. The number of amides is 1. The number of aromatic nitrogens is 3. The number of anilines is 2. The van der Waals surface area contributed by atoms with E-state index < -0.39 is 42.9 Å². The molecule has 71 heavy (non-hydrogen) atoms. The van der Waals surface area contributed by atoms with Gasteiger partial charge in [0.25, 0.3) is 21.8 Å². The molecule has 17 nitrogen and oxygen atoms in total. The fourth-order valence-electron chi connectivity index (χ4n) is 11.3. The number of piperidine rings is 1. The molecule has 5 fully saturated rings. The Kier molecular flexibility index (Phi) is 13.0. The molecular weight excluding hydrogens is 932 g/mol. The molecule has 10 rings (SSSR count). The lowest BCUT2D eigenvalue weighted by molar-refractivity contribution is -0.384. The maximum Gasteiger partial charge on any atom is 0.312 e. The number of pyridine rings is 2. The van der Waals surface area contributed by atoms with E-state index in [1.54, 1.807) is 26.0 Å². The first-order valence-corrected chi connectivity index (χ1v) is 26.5. The van der Waals surface area contributed by atoms with Gasteiger partial charge in [-0.1, -0.05) is 38.1 Å². The second-order valence-corrected chi connectivity index (χ2v) is 22.8. The second kappa shape index (κ2) is 18.9. The molecule has 5 aliphatic rings. The highest BCUT2D eigenvalue weighted by molar-refractivity contribution is 7.90. The summed E-state index contributed by atoms with van der Waals surface area (Å²) in [4.78, 5) is 41.4. The van der Waals surface area contributed by atoms with Gasteiger partial charge in [0.1, 0.15) is 22.1 Å². The summed E-state index contributed by atoms with van der Waals surface area (Å²) < 4.78 is 63.5. The number of carbonyl (C=O) groups is 1. The van der Waals surface area contributed by atoms with Crippen LogP contribution in [-0.4, -0.2) is 101 Å². The first kappa shape index (κ1) is 48.7. The Morgan fingerprint density at radius 1 is 1.06 bits per heavy atom. The van der Waals surface area contributed by atoms with Crippen molar-refractivity contribution in [2.24, 2.45) is 11.3 Å². The molecule has 2 spiro atoms. The van der Waals surface area contributed by atoms with Crippen LogP contribution in [-0.2, 0) is 14.8 Å². The van der Waals surface area contributed by atoms with E-state index >= 15 is 0 Å². The summed E-state index contributed by atoms with van der Waals surface area (Å²) in [6, 6.07) is 16.6. The normalized spacial score (nSPS) is 23.2. The van der Waals surface area contributed by atoms with Crippen molar-refractivity contribution in [2.45, 2.75) is 126 Å². The van der Waals surface area contributed by atoms with Gasteiger partial charge in [0.2, 0.25) is 5.82 Å². The molecule has 0 radical (unpaired) electrons. The van der Waals surface area contributed by atoms with Crippen molar-refractivity contribution in [2.75, 3.05) is 49.6 Å². The molecule has 0 unspecified atom stereocenters. The maximum absolute atomic E-state index is 14.9.